The fourth-order valence-electron chi connectivity index (χ4n) is 3.28. The van der Waals surface area contributed by atoms with Gasteiger partial charge in [-0.25, -0.2) is 4.79 Å². The maximum absolute atomic E-state index is 12.6. The SMILES string of the molecule is CC1(C(=O)O)CCCCN1C(=O)C1CCC(N)CC1. The Morgan fingerprint density at radius 1 is 1.21 bits per heavy atom. The minimum absolute atomic E-state index is 0.0245. The highest BCUT2D eigenvalue weighted by molar-refractivity contribution is 5.88. The van der Waals surface area contributed by atoms with Crippen molar-refractivity contribution in [1.82, 2.24) is 4.90 Å². The van der Waals surface area contributed by atoms with Crippen molar-refractivity contribution < 1.29 is 14.7 Å². The maximum Gasteiger partial charge on any atom is 0.329 e. The normalized spacial score (nSPS) is 36.0. The smallest absolute Gasteiger partial charge is 0.329 e. The molecule has 1 aliphatic heterocycles. The first-order valence-corrected chi connectivity index (χ1v) is 7.25. The van der Waals surface area contributed by atoms with Gasteiger partial charge >= 0.3 is 5.97 Å². The molecule has 1 amide bonds. The van der Waals surface area contributed by atoms with E-state index < -0.39 is 11.5 Å². The molecule has 0 radical (unpaired) electrons. The highest BCUT2D eigenvalue weighted by Gasteiger charge is 2.45. The number of carbonyl (C=O) groups is 2. The van der Waals surface area contributed by atoms with E-state index in [9.17, 15) is 14.7 Å². The Bertz CT molecular complexity index is 364. The lowest BCUT2D eigenvalue weighted by Crippen LogP contribution is -2.59. The van der Waals surface area contributed by atoms with E-state index in [2.05, 4.69) is 0 Å². The van der Waals surface area contributed by atoms with Crippen LogP contribution in [0.5, 0.6) is 0 Å². The average Bonchev–Trinajstić information content (AvgIpc) is 2.39. The van der Waals surface area contributed by atoms with E-state index >= 15 is 0 Å². The lowest BCUT2D eigenvalue weighted by molar-refractivity contribution is -0.163. The van der Waals surface area contributed by atoms with E-state index in [-0.39, 0.29) is 17.9 Å². The van der Waals surface area contributed by atoms with Crippen LogP contribution in [0, 0.1) is 5.92 Å². The maximum atomic E-state index is 12.6. The predicted octanol–water partition coefficient (Wildman–Crippen LogP) is 1.36. The van der Waals surface area contributed by atoms with Gasteiger partial charge < -0.3 is 15.7 Å². The number of nitrogens with two attached hydrogens (primary N) is 1. The second-order valence-electron chi connectivity index (χ2n) is 6.14. The fraction of sp³-hybridized carbons (Fsp3) is 0.857. The van der Waals surface area contributed by atoms with E-state index in [1.165, 1.54) is 0 Å². The van der Waals surface area contributed by atoms with Crippen LogP contribution in [0.1, 0.15) is 51.9 Å². The molecule has 2 aliphatic rings. The van der Waals surface area contributed by atoms with Crippen molar-refractivity contribution in [2.45, 2.75) is 63.5 Å². The molecule has 1 aliphatic carbocycles. The molecule has 19 heavy (non-hydrogen) atoms. The quantitative estimate of drug-likeness (QED) is 0.792. The Labute approximate surface area is 114 Å². The Morgan fingerprint density at radius 2 is 1.84 bits per heavy atom. The summed E-state index contributed by atoms with van der Waals surface area (Å²) in [7, 11) is 0. The summed E-state index contributed by atoms with van der Waals surface area (Å²) in [5.41, 5.74) is 4.84. The Balaban J connectivity index is 2.10. The van der Waals surface area contributed by atoms with Gasteiger partial charge in [0.1, 0.15) is 5.54 Å². The molecule has 1 saturated heterocycles. The van der Waals surface area contributed by atoms with Crippen molar-refractivity contribution in [2.75, 3.05) is 6.54 Å². The summed E-state index contributed by atoms with van der Waals surface area (Å²) < 4.78 is 0. The molecule has 0 aromatic heterocycles. The first-order chi connectivity index (χ1) is 8.95. The number of piperidine rings is 1. The zero-order valence-corrected chi connectivity index (χ0v) is 11.6. The summed E-state index contributed by atoms with van der Waals surface area (Å²) in [6, 6.07) is 0.205. The van der Waals surface area contributed by atoms with Gasteiger partial charge in [0.15, 0.2) is 0 Å². The van der Waals surface area contributed by atoms with E-state index in [4.69, 9.17) is 5.73 Å². The Hall–Kier alpha value is -1.10. The van der Waals surface area contributed by atoms with Gasteiger partial charge in [-0.1, -0.05) is 0 Å². The zero-order valence-electron chi connectivity index (χ0n) is 11.6. The number of rotatable bonds is 2. The van der Waals surface area contributed by atoms with Crippen LogP contribution in [0.4, 0.5) is 0 Å². The number of likely N-dealkylation sites (tertiary alicyclic amines) is 1. The monoisotopic (exact) mass is 268 g/mol. The summed E-state index contributed by atoms with van der Waals surface area (Å²) in [4.78, 5) is 25.7. The fourth-order valence-corrected chi connectivity index (χ4v) is 3.28. The highest BCUT2D eigenvalue weighted by Crippen LogP contribution is 2.33. The third-order valence-electron chi connectivity index (χ3n) is 4.74. The number of hydrogen-bond acceptors (Lipinski definition) is 3. The van der Waals surface area contributed by atoms with Crippen LogP contribution >= 0.6 is 0 Å². The molecule has 0 spiro atoms. The van der Waals surface area contributed by atoms with Gasteiger partial charge in [0.25, 0.3) is 0 Å². The number of carboxylic acid groups (broad SMARTS) is 1. The molecule has 2 fully saturated rings. The standard InChI is InChI=1S/C14H24N2O3/c1-14(13(18)19)8-2-3-9-16(14)12(17)10-4-6-11(15)7-5-10/h10-11H,2-9,15H2,1H3,(H,18,19). The van der Waals surface area contributed by atoms with Gasteiger partial charge in [0.05, 0.1) is 0 Å². The number of carbonyl (C=O) groups excluding carboxylic acids is 1. The molecular weight excluding hydrogens is 244 g/mol. The first kappa shape index (κ1) is 14.3. The summed E-state index contributed by atoms with van der Waals surface area (Å²) in [6.07, 6.45) is 5.67. The molecule has 5 heteroatoms. The van der Waals surface area contributed by atoms with Crippen molar-refractivity contribution in [3.8, 4) is 0 Å². The van der Waals surface area contributed by atoms with Crippen LogP contribution in [0.3, 0.4) is 0 Å². The van der Waals surface area contributed by atoms with Gasteiger partial charge in [-0.15, -0.1) is 0 Å². The van der Waals surface area contributed by atoms with Gasteiger partial charge in [-0.3, -0.25) is 4.79 Å². The number of aliphatic carboxylic acids is 1. The molecule has 5 nitrogen and oxygen atoms in total. The minimum Gasteiger partial charge on any atom is -0.480 e. The molecule has 0 aromatic carbocycles. The average molecular weight is 268 g/mol. The van der Waals surface area contributed by atoms with E-state index in [1.807, 2.05) is 0 Å². The Morgan fingerprint density at radius 3 is 2.42 bits per heavy atom. The zero-order chi connectivity index (χ0) is 14.0. The van der Waals surface area contributed by atoms with Gasteiger partial charge in [0.2, 0.25) is 5.91 Å². The Kier molecular flexibility index (Phi) is 4.13. The van der Waals surface area contributed by atoms with Crippen LogP contribution in [0.15, 0.2) is 0 Å². The predicted molar refractivity (Wildman–Crippen MR) is 71.5 cm³/mol. The van der Waals surface area contributed by atoms with Crippen LogP contribution in [0.2, 0.25) is 0 Å². The third-order valence-corrected chi connectivity index (χ3v) is 4.74. The number of hydrogen-bond donors (Lipinski definition) is 2. The minimum atomic E-state index is -1.02. The van der Waals surface area contributed by atoms with Crippen molar-refractivity contribution in [3.05, 3.63) is 0 Å². The second kappa shape index (κ2) is 5.49. The van der Waals surface area contributed by atoms with Crippen LogP contribution < -0.4 is 5.73 Å². The molecular formula is C14H24N2O3. The van der Waals surface area contributed by atoms with Gasteiger partial charge in [0, 0.05) is 18.5 Å². The molecule has 1 saturated carbocycles. The summed E-state index contributed by atoms with van der Waals surface area (Å²) in [5.74, 6) is -0.888. The van der Waals surface area contributed by atoms with Crippen LogP contribution in [0.25, 0.3) is 0 Å². The number of amides is 1. The number of nitrogens with zero attached hydrogens (tertiary/aromatic N) is 1. The van der Waals surface area contributed by atoms with Crippen molar-refractivity contribution in [1.29, 1.82) is 0 Å². The summed E-state index contributed by atoms with van der Waals surface area (Å²) >= 11 is 0. The summed E-state index contributed by atoms with van der Waals surface area (Å²) in [6.45, 7) is 2.26. The lowest BCUT2D eigenvalue weighted by atomic mass is 9.82. The highest BCUT2D eigenvalue weighted by atomic mass is 16.4. The van der Waals surface area contributed by atoms with E-state index in [0.717, 1.165) is 38.5 Å². The molecule has 0 aromatic rings. The van der Waals surface area contributed by atoms with Crippen LogP contribution in [-0.2, 0) is 9.59 Å². The molecule has 1 atom stereocenters. The van der Waals surface area contributed by atoms with Crippen LogP contribution in [-0.4, -0.2) is 40.0 Å². The molecule has 2 rings (SSSR count). The van der Waals surface area contributed by atoms with Crippen molar-refractivity contribution >= 4 is 11.9 Å². The molecule has 1 unspecified atom stereocenters. The van der Waals surface area contributed by atoms with E-state index in [0.29, 0.717) is 13.0 Å². The first-order valence-electron chi connectivity index (χ1n) is 7.25. The topological polar surface area (TPSA) is 83.6 Å². The third kappa shape index (κ3) is 2.76. The second-order valence-corrected chi connectivity index (χ2v) is 6.14. The number of carboxylic acids is 1. The van der Waals surface area contributed by atoms with E-state index in [1.54, 1.807) is 11.8 Å². The van der Waals surface area contributed by atoms with Gasteiger partial charge in [-0.2, -0.15) is 0 Å². The largest absolute Gasteiger partial charge is 0.480 e. The molecule has 3 N–H and O–H groups in total. The molecule has 0 bridgehead atoms. The van der Waals surface area contributed by atoms with Gasteiger partial charge in [-0.05, 0) is 51.9 Å². The van der Waals surface area contributed by atoms with Crippen molar-refractivity contribution in [2.24, 2.45) is 11.7 Å². The molecule has 1 heterocycles. The summed E-state index contributed by atoms with van der Waals surface area (Å²) in [5, 5.41) is 9.44. The van der Waals surface area contributed by atoms with Crippen molar-refractivity contribution in [3.63, 3.8) is 0 Å². The molecule has 108 valence electrons. The lowest BCUT2D eigenvalue weighted by Gasteiger charge is -2.43.